The maximum Gasteiger partial charge on any atom is 0.143 e. The lowest BCUT2D eigenvalue weighted by Crippen LogP contribution is -2.29. The third kappa shape index (κ3) is 3.29. The molecule has 3 heterocycles. The Morgan fingerprint density at radius 3 is 2.61 bits per heavy atom. The fourth-order valence-corrected chi connectivity index (χ4v) is 4.42. The van der Waals surface area contributed by atoms with E-state index >= 15 is 0 Å². The van der Waals surface area contributed by atoms with Crippen LogP contribution in [0.4, 0.5) is 0 Å². The van der Waals surface area contributed by atoms with Gasteiger partial charge in [0.1, 0.15) is 11.4 Å². The van der Waals surface area contributed by atoms with E-state index in [1.165, 1.54) is 22.2 Å². The van der Waals surface area contributed by atoms with Crippen LogP contribution in [0.15, 0.2) is 36.7 Å². The monoisotopic (exact) mass is 379 g/mol. The van der Waals surface area contributed by atoms with Crippen LogP contribution in [0.2, 0.25) is 0 Å². The molecule has 28 heavy (non-hydrogen) atoms. The second-order valence-corrected chi connectivity index (χ2v) is 8.19. The molecule has 5 heteroatoms. The normalized spacial score (nSPS) is 17.2. The fraction of sp³-hybridized carbons (Fsp3) is 0.435. The summed E-state index contributed by atoms with van der Waals surface area (Å²) in [4.78, 5) is 6.47. The Morgan fingerprint density at radius 2 is 1.89 bits per heavy atom. The van der Waals surface area contributed by atoms with Gasteiger partial charge in [-0.2, -0.15) is 0 Å². The highest BCUT2D eigenvalue weighted by molar-refractivity contribution is 5.91. The molecule has 0 saturated carbocycles. The highest BCUT2D eigenvalue weighted by Crippen LogP contribution is 2.38. The Bertz CT molecular complexity index is 992. The van der Waals surface area contributed by atoms with E-state index in [0.29, 0.717) is 6.54 Å². The maximum atomic E-state index is 11.4. The summed E-state index contributed by atoms with van der Waals surface area (Å²) in [6.45, 7) is 6.53. The number of pyridine rings is 1. The van der Waals surface area contributed by atoms with Gasteiger partial charge in [-0.3, -0.25) is 4.98 Å². The number of hydrogen-bond donors (Lipinski definition) is 1. The lowest BCUT2D eigenvalue weighted by molar-refractivity contribution is 0.0386. The predicted molar refractivity (Wildman–Crippen MR) is 112 cm³/mol. The first-order valence-electron chi connectivity index (χ1n) is 9.90. The average molecular weight is 380 g/mol. The zero-order valence-electron chi connectivity index (χ0n) is 17.2. The van der Waals surface area contributed by atoms with Crippen LogP contribution in [-0.4, -0.2) is 46.8 Å². The van der Waals surface area contributed by atoms with Crippen LogP contribution >= 0.6 is 0 Å². The maximum absolute atomic E-state index is 11.4. The number of aliphatic hydroxyl groups is 1. The van der Waals surface area contributed by atoms with Crippen molar-refractivity contribution in [3.63, 3.8) is 0 Å². The van der Waals surface area contributed by atoms with Gasteiger partial charge in [0.05, 0.1) is 19.2 Å². The van der Waals surface area contributed by atoms with Crippen molar-refractivity contribution in [2.24, 2.45) is 0 Å². The molecule has 2 aromatic heterocycles. The van der Waals surface area contributed by atoms with Gasteiger partial charge in [0.2, 0.25) is 0 Å². The number of aryl methyl sites for hydroxylation is 1. The summed E-state index contributed by atoms with van der Waals surface area (Å²) in [5, 5.41) is 12.6. The van der Waals surface area contributed by atoms with Gasteiger partial charge in [0, 0.05) is 43.0 Å². The number of methoxy groups -OCH3 is 1. The van der Waals surface area contributed by atoms with Gasteiger partial charge in [0.25, 0.3) is 0 Å². The first-order valence-corrected chi connectivity index (χ1v) is 9.90. The van der Waals surface area contributed by atoms with Crippen molar-refractivity contribution in [1.82, 2.24) is 14.5 Å². The van der Waals surface area contributed by atoms with Crippen molar-refractivity contribution in [3.05, 3.63) is 59.0 Å². The van der Waals surface area contributed by atoms with E-state index in [-0.39, 0.29) is 0 Å². The van der Waals surface area contributed by atoms with E-state index in [0.717, 1.165) is 42.8 Å². The Kier molecular flexibility index (Phi) is 4.89. The van der Waals surface area contributed by atoms with Gasteiger partial charge in [-0.15, -0.1) is 0 Å². The van der Waals surface area contributed by atoms with Crippen molar-refractivity contribution in [3.8, 4) is 5.75 Å². The topological polar surface area (TPSA) is 50.5 Å². The number of likely N-dealkylation sites (N-methyl/N-ethyl adjacent to an activating group) is 1. The van der Waals surface area contributed by atoms with Gasteiger partial charge in [-0.25, -0.2) is 0 Å². The van der Waals surface area contributed by atoms with Gasteiger partial charge < -0.3 is 19.3 Å². The van der Waals surface area contributed by atoms with Crippen molar-refractivity contribution in [2.75, 3.05) is 27.2 Å². The standard InChI is InChI=1S/C23H29N3O2/c1-16-13-19-18-7-11-25(3)12-8-20(18)26(22(19)21(14-16)28-4)15-23(2,27)17-5-9-24-10-6-17/h5-6,9-10,13-14,27H,7-8,11-12,15H2,1-4H3. The van der Waals surface area contributed by atoms with Crippen molar-refractivity contribution < 1.29 is 9.84 Å². The molecule has 1 N–H and O–H groups in total. The van der Waals surface area contributed by atoms with Crippen LogP contribution in [0.5, 0.6) is 5.75 Å². The molecule has 1 atom stereocenters. The number of ether oxygens (including phenoxy) is 1. The third-order valence-corrected chi connectivity index (χ3v) is 5.95. The van der Waals surface area contributed by atoms with Crippen LogP contribution in [0.1, 0.15) is 29.3 Å². The predicted octanol–water partition coefficient (Wildman–Crippen LogP) is 3.29. The van der Waals surface area contributed by atoms with E-state index in [1.807, 2.05) is 19.1 Å². The number of aromatic nitrogens is 2. The molecular weight excluding hydrogens is 350 g/mol. The van der Waals surface area contributed by atoms with Gasteiger partial charge >= 0.3 is 0 Å². The van der Waals surface area contributed by atoms with Crippen molar-refractivity contribution >= 4 is 10.9 Å². The molecular formula is C23H29N3O2. The molecule has 4 rings (SSSR count). The lowest BCUT2D eigenvalue weighted by atomic mass is 9.97. The largest absolute Gasteiger partial charge is 0.495 e. The molecule has 1 aromatic carbocycles. The second kappa shape index (κ2) is 7.22. The summed E-state index contributed by atoms with van der Waals surface area (Å²) in [7, 11) is 3.91. The number of hydrogen-bond acceptors (Lipinski definition) is 4. The Morgan fingerprint density at radius 1 is 1.18 bits per heavy atom. The summed E-state index contributed by atoms with van der Waals surface area (Å²) in [5.41, 5.74) is 4.87. The zero-order valence-corrected chi connectivity index (χ0v) is 17.2. The zero-order chi connectivity index (χ0) is 19.9. The average Bonchev–Trinajstić information content (AvgIpc) is 2.82. The first-order chi connectivity index (χ1) is 13.4. The van der Waals surface area contributed by atoms with E-state index < -0.39 is 5.60 Å². The SMILES string of the molecule is COc1cc(C)cc2c3c(n(CC(C)(O)c4ccncc4)c12)CCN(C)CC3. The molecule has 1 aliphatic heterocycles. The summed E-state index contributed by atoms with van der Waals surface area (Å²) >= 11 is 0. The van der Waals surface area contributed by atoms with E-state index in [4.69, 9.17) is 4.74 Å². The highest BCUT2D eigenvalue weighted by Gasteiger charge is 2.29. The molecule has 1 unspecified atom stereocenters. The van der Waals surface area contributed by atoms with Crippen LogP contribution in [0.25, 0.3) is 10.9 Å². The van der Waals surface area contributed by atoms with E-state index in [1.54, 1.807) is 19.5 Å². The van der Waals surface area contributed by atoms with Crippen molar-refractivity contribution in [1.29, 1.82) is 0 Å². The van der Waals surface area contributed by atoms with Crippen LogP contribution < -0.4 is 4.74 Å². The molecule has 0 fully saturated rings. The minimum absolute atomic E-state index is 0.478. The van der Waals surface area contributed by atoms with Crippen molar-refractivity contribution in [2.45, 2.75) is 38.8 Å². The second-order valence-electron chi connectivity index (χ2n) is 8.19. The summed E-state index contributed by atoms with van der Waals surface area (Å²) in [6, 6.07) is 8.13. The Hall–Kier alpha value is -2.37. The van der Waals surface area contributed by atoms with Gasteiger partial charge in [-0.05, 0) is 68.3 Å². The Labute approximate surface area is 166 Å². The van der Waals surface area contributed by atoms with E-state index in [2.05, 4.69) is 40.6 Å². The first kappa shape index (κ1) is 19.0. The number of fused-ring (bicyclic) bond motifs is 3. The molecule has 0 amide bonds. The molecule has 5 nitrogen and oxygen atoms in total. The molecule has 0 bridgehead atoms. The van der Waals surface area contributed by atoms with E-state index in [9.17, 15) is 5.11 Å². The van der Waals surface area contributed by atoms with Gasteiger partial charge in [-0.1, -0.05) is 0 Å². The fourth-order valence-electron chi connectivity index (χ4n) is 4.42. The summed E-state index contributed by atoms with van der Waals surface area (Å²) < 4.78 is 8.07. The highest BCUT2D eigenvalue weighted by atomic mass is 16.5. The molecule has 3 aromatic rings. The molecule has 0 aliphatic carbocycles. The third-order valence-electron chi connectivity index (χ3n) is 5.95. The number of benzene rings is 1. The minimum atomic E-state index is -1.00. The molecule has 1 aliphatic rings. The van der Waals surface area contributed by atoms with Crippen LogP contribution in [0.3, 0.4) is 0 Å². The molecule has 148 valence electrons. The Balaban J connectivity index is 1.92. The van der Waals surface area contributed by atoms with Gasteiger partial charge in [0.15, 0.2) is 0 Å². The molecule has 0 saturated heterocycles. The summed E-state index contributed by atoms with van der Waals surface area (Å²) in [6.07, 6.45) is 5.45. The molecule has 0 spiro atoms. The lowest BCUT2D eigenvalue weighted by Gasteiger charge is -2.27. The summed E-state index contributed by atoms with van der Waals surface area (Å²) in [5.74, 6) is 0.877. The number of rotatable bonds is 4. The minimum Gasteiger partial charge on any atom is -0.495 e. The number of nitrogens with zero attached hydrogens (tertiary/aromatic N) is 3. The smallest absolute Gasteiger partial charge is 0.143 e. The van der Waals surface area contributed by atoms with Crippen LogP contribution in [0, 0.1) is 6.92 Å². The van der Waals surface area contributed by atoms with Crippen LogP contribution in [-0.2, 0) is 25.0 Å². The quantitative estimate of drug-likeness (QED) is 0.756. The molecule has 0 radical (unpaired) electrons.